The van der Waals surface area contributed by atoms with E-state index < -0.39 is 45.9 Å². The van der Waals surface area contributed by atoms with E-state index in [0.29, 0.717) is 0 Å². The number of quaternary nitrogens is 1. The molecule has 0 bridgehead atoms. The Balaban J connectivity index is -0.000000576. The van der Waals surface area contributed by atoms with Gasteiger partial charge in [-0.1, -0.05) is 0 Å². The van der Waals surface area contributed by atoms with Gasteiger partial charge in [0.1, 0.15) is 0 Å². The Labute approximate surface area is 484 Å². The van der Waals surface area contributed by atoms with Gasteiger partial charge in [0.2, 0.25) is 5.52 Å². The zero-order valence-corrected chi connectivity index (χ0v) is 52.0. The monoisotopic (exact) mass is 1250 g/mol. The van der Waals surface area contributed by atoms with Crippen molar-refractivity contribution in [3.05, 3.63) is 6.42 Å². The summed E-state index contributed by atoms with van der Waals surface area (Å²) in [5.41, 5.74) is -2.46. The van der Waals surface area contributed by atoms with Crippen molar-refractivity contribution in [2.75, 3.05) is 81.0 Å². The fourth-order valence-corrected chi connectivity index (χ4v) is 16.2. The molecule has 78 heavy (non-hydrogen) atoms. The summed E-state index contributed by atoms with van der Waals surface area (Å²) in [5, 5.41) is 0. The van der Waals surface area contributed by atoms with Gasteiger partial charge in [-0.25, -0.2) is 4.48 Å². The van der Waals surface area contributed by atoms with Crippen molar-refractivity contribution < 1.29 is 75.9 Å². The standard InChI is InChI=1S/C29H27NO6P2.C18HBr.C11H27NO6P2.BrH/c1-8-13-14-15-16-17-18-19-20-21-22-23-24-25-26-27-28-30(6,7)29(37(31,33-9-2)34-10-3)38(32,35-11-4)36-12-5;1-2-3-4-5-6-7-8-9-10-11-12-13-14-15-16-17-18-19;1-7-15-19(13,16-8-2)11(12(5)6)20(14,17-9-3)18-10-4;/h29H,9-12H2,2-7H3;1H;11H,7-10H2,1-6H3;1H/q+2;;;/p-1. The SMILES string of the molecule is C#CC#CC#CC#CC#CC#CC#CC#CC#CBr.CCOP(=O)(OCC)C(N(C)C)P(=O)(OCC)OCC.[Br-].[C+]#CC#CC#CC#CC#CC#CC#CC#CC#C[N+](C)(C)C(P(=O)(OCC)OCC)P(=O)(OCC)OCC. The van der Waals surface area contributed by atoms with Crippen molar-refractivity contribution in [3.8, 4) is 207 Å². The maximum atomic E-state index is 13.8. The molecule has 20 heteroatoms. The summed E-state index contributed by atoms with van der Waals surface area (Å²) in [6.07, 6.45) is 11.5. The van der Waals surface area contributed by atoms with Crippen molar-refractivity contribution in [2.24, 2.45) is 0 Å². The van der Waals surface area contributed by atoms with Gasteiger partial charge in [-0.3, -0.25) is 23.2 Å². The van der Waals surface area contributed by atoms with Crippen molar-refractivity contribution >= 4 is 46.3 Å². The van der Waals surface area contributed by atoms with Gasteiger partial charge in [-0.05, 0) is 169 Å². The molecule has 0 atom stereocenters. The van der Waals surface area contributed by atoms with Crippen LogP contribution in [0.4, 0.5) is 0 Å². The van der Waals surface area contributed by atoms with Crippen LogP contribution in [0.3, 0.4) is 0 Å². The molecule has 0 saturated heterocycles. The van der Waals surface area contributed by atoms with Crippen LogP contribution < -0.4 is 17.0 Å². The quantitative estimate of drug-likeness (QED) is 0.0633. The minimum Gasteiger partial charge on any atom is -0.304 e. The maximum absolute atomic E-state index is 13.8. The Kier molecular flexibility index (Phi) is 50.5. The summed E-state index contributed by atoms with van der Waals surface area (Å²) in [6, 6.07) is 2.83. The molecule has 0 aromatic rings. The number of hydrogen-bond donors (Lipinski definition) is 0. The van der Waals surface area contributed by atoms with Gasteiger partial charge in [0, 0.05) is 33.7 Å². The Morgan fingerprint density at radius 3 is 0.846 bits per heavy atom. The van der Waals surface area contributed by atoms with Crippen LogP contribution in [0.2, 0.25) is 0 Å². The molecule has 0 saturated carbocycles. The van der Waals surface area contributed by atoms with Crippen molar-refractivity contribution in [1.82, 2.24) is 4.90 Å². The molecule has 0 amide bonds. The van der Waals surface area contributed by atoms with E-state index in [4.69, 9.17) is 49.0 Å². The van der Waals surface area contributed by atoms with E-state index >= 15 is 0 Å². The molecule has 0 fully saturated rings. The van der Waals surface area contributed by atoms with Crippen molar-refractivity contribution in [3.63, 3.8) is 0 Å². The van der Waals surface area contributed by atoms with Crippen molar-refractivity contribution in [2.45, 2.75) is 66.4 Å². The molecule has 14 nitrogen and oxygen atoms in total. The van der Waals surface area contributed by atoms with Crippen LogP contribution in [0.1, 0.15) is 55.4 Å². The topological polar surface area (TPSA) is 145 Å². The van der Waals surface area contributed by atoms with Gasteiger partial charge in [0.05, 0.1) is 72.9 Å². The second-order valence-corrected chi connectivity index (χ2v) is 22.5. The minimum absolute atomic E-state index is 0. The Hall–Kier alpha value is -6.22. The molecular formula is C58H55Br2N2O12P4+. The molecule has 0 heterocycles. The van der Waals surface area contributed by atoms with Crippen LogP contribution in [0.15, 0.2) is 0 Å². The Morgan fingerprint density at radius 2 is 0.628 bits per heavy atom. The second kappa shape index (κ2) is 50.3. The molecule has 0 radical (unpaired) electrons. The third kappa shape index (κ3) is 36.7. The first kappa shape index (κ1) is 78.3. The summed E-state index contributed by atoms with van der Waals surface area (Å²) in [6.45, 7) is 14.4. The second-order valence-electron chi connectivity index (χ2n) is 12.9. The van der Waals surface area contributed by atoms with Gasteiger partial charge < -0.3 is 53.2 Å². The summed E-state index contributed by atoms with van der Waals surface area (Å²) in [4.78, 5) is 3.94. The van der Waals surface area contributed by atoms with E-state index in [9.17, 15) is 18.3 Å². The summed E-state index contributed by atoms with van der Waals surface area (Å²) >= 11 is 2.89. The zero-order chi connectivity index (χ0) is 58.6. The van der Waals surface area contributed by atoms with E-state index in [1.807, 2.05) is 5.92 Å². The number of rotatable bonds is 22. The van der Waals surface area contributed by atoms with E-state index in [0.717, 1.165) is 0 Å². The third-order valence-electron chi connectivity index (χ3n) is 6.92. The molecule has 0 rings (SSSR count). The number of halogens is 2. The minimum atomic E-state index is -4.01. The molecule has 0 aromatic carbocycles. The number of hydrogen-bond acceptors (Lipinski definition) is 13. The van der Waals surface area contributed by atoms with Crippen LogP contribution >= 0.6 is 46.3 Å². The molecule has 0 spiro atoms. The average molecular weight is 1260 g/mol. The molecule has 402 valence electrons. The molecule has 0 N–H and O–H groups in total. The van der Waals surface area contributed by atoms with Crippen LogP contribution in [0.5, 0.6) is 0 Å². The molecule has 0 aromatic heterocycles. The summed E-state index contributed by atoms with van der Waals surface area (Å²) in [5.74, 6) is 77.9. The van der Waals surface area contributed by atoms with Gasteiger partial charge >= 0.3 is 113 Å². The predicted molar refractivity (Wildman–Crippen MR) is 306 cm³/mol. The van der Waals surface area contributed by atoms with E-state index in [2.05, 4.69) is 210 Å². The molecule has 0 unspecified atom stereocenters. The van der Waals surface area contributed by atoms with E-state index in [1.165, 1.54) is 4.90 Å². The molecule has 0 aliphatic heterocycles. The zero-order valence-electron chi connectivity index (χ0n) is 45.2. The first-order valence-corrected chi connectivity index (χ1v) is 29.7. The third-order valence-corrected chi connectivity index (χ3v) is 19.8. The summed E-state index contributed by atoms with van der Waals surface area (Å²) < 4.78 is 96.1. The first-order chi connectivity index (χ1) is 36.9. The average Bonchev–Trinajstić information content (AvgIpc) is 3.35. The Morgan fingerprint density at radius 1 is 0.410 bits per heavy atom. The van der Waals surface area contributed by atoms with E-state index in [1.54, 1.807) is 83.6 Å². The fraction of sp³-hybridized carbons (Fsp3) is 0.379. The van der Waals surface area contributed by atoms with Crippen LogP contribution in [0.25, 0.3) is 0 Å². The van der Waals surface area contributed by atoms with E-state index in [-0.39, 0.29) is 69.8 Å². The van der Waals surface area contributed by atoms with Gasteiger partial charge in [-0.15, -0.1) is 6.42 Å². The first-order valence-electron chi connectivity index (χ1n) is 22.4. The van der Waals surface area contributed by atoms with Crippen molar-refractivity contribution in [1.29, 1.82) is 0 Å². The smallest absolute Gasteiger partial charge is 0.304 e. The van der Waals surface area contributed by atoms with Crippen LogP contribution in [-0.4, -0.2) is 101 Å². The van der Waals surface area contributed by atoms with Gasteiger partial charge in [0.25, 0.3) is 0 Å². The predicted octanol–water partition coefficient (Wildman–Crippen LogP) is 4.82. The fourth-order valence-electron chi connectivity index (χ4n) is 4.87. The molecule has 0 aliphatic rings. The Bertz CT molecular complexity index is 3270. The number of terminal acetylenes is 1. The van der Waals surface area contributed by atoms with Crippen LogP contribution in [0, 0.1) is 213 Å². The summed E-state index contributed by atoms with van der Waals surface area (Å²) in [7, 11) is -8.87. The van der Waals surface area contributed by atoms with Gasteiger partial charge in [0.15, 0.2) is 6.04 Å². The normalized spacial score (nSPS) is 8.99. The molecular weight excluding hydrogens is 1200 g/mol. The number of nitrogens with zero attached hydrogens (tertiary/aromatic N) is 2. The van der Waals surface area contributed by atoms with Gasteiger partial charge in [-0.2, -0.15) is 0 Å². The molecule has 0 aliphatic carbocycles. The van der Waals surface area contributed by atoms with Crippen LogP contribution in [-0.2, 0) is 54.5 Å².